The maximum Gasteiger partial charge on any atom is 0.327 e. The monoisotopic (exact) mass is 620 g/mol. The number of hydrogen-bond acceptors (Lipinski definition) is 10. The van der Waals surface area contributed by atoms with Crippen molar-refractivity contribution in [3.05, 3.63) is 0 Å². The quantitative estimate of drug-likeness (QED) is 0.143. The van der Waals surface area contributed by atoms with Crippen LogP contribution in [0.15, 0.2) is 0 Å². The number of carbonyl (C=O) groups is 4. The average Bonchev–Trinajstić information content (AvgIpc) is 2.71. The van der Waals surface area contributed by atoms with Crippen LogP contribution in [0.4, 0.5) is 0 Å². The fourth-order valence-electron chi connectivity index (χ4n) is 3.81. The van der Waals surface area contributed by atoms with Gasteiger partial charge in [-0.25, -0.2) is 0 Å². The molecule has 4 N–H and O–H groups in total. The van der Waals surface area contributed by atoms with E-state index in [-0.39, 0.29) is 49.7 Å². The van der Waals surface area contributed by atoms with Crippen LogP contribution >= 0.6 is 0 Å². The lowest BCUT2D eigenvalue weighted by molar-refractivity contribution is -0.157. The van der Waals surface area contributed by atoms with Crippen molar-refractivity contribution in [1.29, 1.82) is 0 Å². The Balaban J connectivity index is 0. The molecule has 0 saturated carbocycles. The predicted octanol–water partition coefficient (Wildman–Crippen LogP) is 2.52. The van der Waals surface area contributed by atoms with Gasteiger partial charge in [-0.15, -0.1) is 0 Å². The van der Waals surface area contributed by atoms with E-state index in [2.05, 4.69) is 0 Å². The highest BCUT2D eigenvalue weighted by atomic mass is 32.2. The summed E-state index contributed by atoms with van der Waals surface area (Å²) >= 11 is 0. The summed E-state index contributed by atoms with van der Waals surface area (Å²) in [6.45, 7) is 13.9. The van der Waals surface area contributed by atoms with Crippen molar-refractivity contribution in [2.24, 2.45) is 29.1 Å². The van der Waals surface area contributed by atoms with Crippen molar-refractivity contribution < 1.29 is 64.8 Å². The van der Waals surface area contributed by atoms with Gasteiger partial charge in [0, 0.05) is 0 Å². The standard InChI is InChI=1S/2C12H22O7S/c1-8(2)6-18-11(13)5-10(20(15,16)17)12(14)19-7-9(3)4;1-7(2)5-12(11(15)16,6-8(3)4)9(10(13)14)20(17,18)19/h8-10H,5-7H2,1-4H3,(H,15,16,17);7-9H,5-6H2,1-4H3,(H,13,14)(H,15,16)(H,17,18,19). The molecule has 0 aromatic carbocycles. The number of esters is 2. The van der Waals surface area contributed by atoms with E-state index in [4.69, 9.17) is 19.1 Å². The largest absolute Gasteiger partial charge is 0.481 e. The van der Waals surface area contributed by atoms with E-state index in [0.29, 0.717) is 0 Å². The normalized spacial score (nSPS) is 13.9. The van der Waals surface area contributed by atoms with E-state index in [1.807, 2.05) is 13.8 Å². The molecular weight excluding hydrogens is 576 g/mol. The maximum atomic E-state index is 11.6. The zero-order chi connectivity index (χ0) is 32.2. The molecule has 0 aliphatic rings. The van der Waals surface area contributed by atoms with Crippen LogP contribution in [-0.2, 0) is 48.9 Å². The molecule has 0 spiro atoms. The first-order chi connectivity index (χ1) is 17.9. The highest BCUT2D eigenvalue weighted by Gasteiger charge is 2.56. The molecule has 0 aromatic heterocycles. The second-order valence-corrected chi connectivity index (χ2v) is 14.3. The van der Waals surface area contributed by atoms with Crippen molar-refractivity contribution >= 4 is 44.1 Å². The van der Waals surface area contributed by atoms with Crippen molar-refractivity contribution in [1.82, 2.24) is 0 Å². The maximum absolute atomic E-state index is 11.6. The number of rotatable bonds is 16. The van der Waals surface area contributed by atoms with Crippen molar-refractivity contribution in [3.8, 4) is 0 Å². The smallest absolute Gasteiger partial charge is 0.327 e. The van der Waals surface area contributed by atoms with Gasteiger partial charge in [0.05, 0.1) is 25.0 Å². The second kappa shape index (κ2) is 16.8. The van der Waals surface area contributed by atoms with Gasteiger partial charge in [0.2, 0.25) is 0 Å². The van der Waals surface area contributed by atoms with Crippen molar-refractivity contribution in [2.75, 3.05) is 13.2 Å². The van der Waals surface area contributed by atoms with Gasteiger partial charge in [-0.2, -0.15) is 16.8 Å². The van der Waals surface area contributed by atoms with Gasteiger partial charge in [0.15, 0.2) is 10.5 Å². The molecule has 0 fully saturated rings. The van der Waals surface area contributed by atoms with Crippen molar-refractivity contribution in [2.45, 2.75) is 85.2 Å². The second-order valence-electron chi connectivity index (χ2n) is 11.2. The Morgan fingerprint density at radius 3 is 1.35 bits per heavy atom. The Labute approximate surface area is 236 Å². The van der Waals surface area contributed by atoms with E-state index in [1.165, 1.54) is 0 Å². The fourth-order valence-corrected chi connectivity index (χ4v) is 5.59. The molecule has 14 nitrogen and oxygen atoms in total. The van der Waals surface area contributed by atoms with Gasteiger partial charge in [-0.1, -0.05) is 55.4 Å². The Kier molecular flexibility index (Phi) is 16.8. The number of carboxylic acids is 2. The lowest BCUT2D eigenvalue weighted by Crippen LogP contribution is -2.52. The Bertz CT molecular complexity index is 1050. The minimum atomic E-state index is -5.04. The van der Waals surface area contributed by atoms with Crippen LogP contribution in [0, 0.1) is 29.1 Å². The molecule has 16 heteroatoms. The lowest BCUT2D eigenvalue weighted by Gasteiger charge is -2.35. The average molecular weight is 621 g/mol. The zero-order valence-electron chi connectivity index (χ0n) is 24.2. The number of ether oxygens (including phenoxy) is 2. The van der Waals surface area contributed by atoms with Gasteiger partial charge >= 0.3 is 23.9 Å². The van der Waals surface area contributed by atoms with Crippen LogP contribution < -0.4 is 0 Å². The summed E-state index contributed by atoms with van der Waals surface area (Å²) in [7, 11) is -9.76. The summed E-state index contributed by atoms with van der Waals surface area (Å²) in [5.74, 6) is -5.79. The molecule has 0 rings (SSSR count). The molecule has 0 aliphatic heterocycles. The third kappa shape index (κ3) is 14.9. The molecule has 0 bridgehead atoms. The van der Waals surface area contributed by atoms with Gasteiger partial charge in [0.1, 0.15) is 0 Å². The topological polar surface area (TPSA) is 236 Å². The highest BCUT2D eigenvalue weighted by molar-refractivity contribution is 7.87. The van der Waals surface area contributed by atoms with E-state index >= 15 is 0 Å². The Hall–Kier alpha value is -2.30. The zero-order valence-corrected chi connectivity index (χ0v) is 25.8. The summed E-state index contributed by atoms with van der Waals surface area (Å²) in [6, 6.07) is 0. The number of hydrogen-bond donors (Lipinski definition) is 4. The molecule has 2 unspecified atom stereocenters. The van der Waals surface area contributed by atoms with Crippen LogP contribution in [0.1, 0.15) is 74.7 Å². The van der Waals surface area contributed by atoms with Crippen molar-refractivity contribution in [3.63, 3.8) is 0 Å². The van der Waals surface area contributed by atoms with Crippen LogP contribution in [0.5, 0.6) is 0 Å². The Morgan fingerprint density at radius 1 is 0.675 bits per heavy atom. The SMILES string of the molecule is CC(C)CC(CC(C)C)(C(=O)O)C(C(=O)O)S(=O)(=O)O.CC(C)COC(=O)CC(C(=O)OCC(C)C)S(=O)(=O)O. The fraction of sp³-hybridized carbons (Fsp3) is 0.833. The van der Waals surface area contributed by atoms with Crippen LogP contribution in [0.3, 0.4) is 0 Å². The molecule has 2 atom stereocenters. The van der Waals surface area contributed by atoms with Gasteiger partial charge in [0.25, 0.3) is 20.2 Å². The molecule has 0 saturated heterocycles. The summed E-state index contributed by atoms with van der Waals surface area (Å²) in [5, 5.41) is 14.3. The van der Waals surface area contributed by atoms with Gasteiger partial charge in [-0.3, -0.25) is 28.3 Å². The first kappa shape index (κ1) is 39.8. The summed E-state index contributed by atoms with van der Waals surface area (Å²) in [5.41, 5.74) is -2.05. The molecule has 40 heavy (non-hydrogen) atoms. The van der Waals surface area contributed by atoms with Gasteiger partial charge in [-0.05, 0) is 36.5 Å². The summed E-state index contributed by atoms with van der Waals surface area (Å²) in [6.07, 6.45) is -1.07. The Morgan fingerprint density at radius 2 is 1.07 bits per heavy atom. The minimum Gasteiger partial charge on any atom is -0.481 e. The lowest BCUT2D eigenvalue weighted by atomic mass is 9.71. The minimum absolute atomic E-state index is 0.00585. The summed E-state index contributed by atoms with van der Waals surface area (Å²) < 4.78 is 72.8. The van der Waals surface area contributed by atoms with Gasteiger partial charge < -0.3 is 19.7 Å². The molecule has 0 amide bonds. The molecule has 0 heterocycles. The van der Waals surface area contributed by atoms with E-state index in [1.54, 1.807) is 41.5 Å². The highest BCUT2D eigenvalue weighted by Crippen LogP contribution is 2.40. The molecule has 0 aliphatic carbocycles. The number of carbonyl (C=O) groups excluding carboxylic acids is 2. The molecular formula is C24H44O14S2. The molecule has 0 radical (unpaired) electrons. The van der Waals surface area contributed by atoms with E-state index in [0.717, 1.165) is 0 Å². The third-order valence-corrected chi connectivity index (χ3v) is 7.43. The summed E-state index contributed by atoms with van der Waals surface area (Å²) in [4.78, 5) is 45.9. The predicted molar refractivity (Wildman–Crippen MR) is 143 cm³/mol. The third-order valence-electron chi connectivity index (χ3n) is 5.11. The number of carboxylic acid groups (broad SMARTS) is 2. The van der Waals surface area contributed by atoms with E-state index in [9.17, 15) is 45.7 Å². The van der Waals surface area contributed by atoms with Crippen LogP contribution in [0.2, 0.25) is 0 Å². The molecule has 0 aromatic rings. The number of aliphatic carboxylic acids is 2. The first-order valence-corrected chi connectivity index (χ1v) is 15.6. The first-order valence-electron chi connectivity index (χ1n) is 12.6. The molecule has 236 valence electrons. The van der Waals surface area contributed by atoms with Crippen LogP contribution in [-0.4, -0.2) is 83.7 Å². The van der Waals surface area contributed by atoms with Crippen LogP contribution in [0.25, 0.3) is 0 Å². The van der Waals surface area contributed by atoms with E-state index < -0.39 is 66.4 Å².